The van der Waals surface area contributed by atoms with E-state index in [1.165, 1.54) is 109 Å². The third kappa shape index (κ3) is 34.6. The molecule has 0 aliphatic rings. The Morgan fingerprint density at radius 3 is 1.27 bits per heavy atom. The smallest absolute Gasteiger partial charge is 0.306 e. The normalized spacial score (nSPS) is 11.7. The van der Waals surface area contributed by atoms with Crippen molar-refractivity contribution >= 4 is 11.9 Å². The average molecular weight is 740 g/mol. The van der Waals surface area contributed by atoms with Crippen LogP contribution in [0.5, 0.6) is 0 Å². The molecular formula is C45H89NO6. The summed E-state index contributed by atoms with van der Waals surface area (Å²) in [5, 5.41) is 19.7. The van der Waals surface area contributed by atoms with Gasteiger partial charge in [0, 0.05) is 12.8 Å². The third-order valence-corrected chi connectivity index (χ3v) is 10.7. The van der Waals surface area contributed by atoms with E-state index in [4.69, 9.17) is 9.47 Å². The molecule has 2 N–H and O–H groups in total. The van der Waals surface area contributed by atoms with Crippen molar-refractivity contribution in [2.45, 2.75) is 245 Å². The van der Waals surface area contributed by atoms with Crippen molar-refractivity contribution in [1.29, 1.82) is 0 Å². The predicted octanol–water partition coefficient (Wildman–Crippen LogP) is 12.0. The van der Waals surface area contributed by atoms with Crippen molar-refractivity contribution in [2.75, 3.05) is 32.9 Å². The van der Waals surface area contributed by atoms with E-state index in [0.29, 0.717) is 19.4 Å². The first-order valence-corrected chi connectivity index (χ1v) is 22.8. The molecule has 0 bridgehead atoms. The topological polar surface area (TPSA) is 96.3 Å². The van der Waals surface area contributed by atoms with Crippen LogP contribution in [-0.4, -0.2) is 72.1 Å². The molecule has 7 heteroatoms. The highest BCUT2D eigenvalue weighted by atomic mass is 16.5. The minimum absolute atomic E-state index is 0.0133. The number of carbonyl (C=O) groups is 2. The number of ether oxygens (including phenoxy) is 2. The Kier molecular flexibility index (Phi) is 40.1. The molecule has 0 rings (SSSR count). The fraction of sp³-hybridized carbons (Fsp3) is 0.956. The molecular weight excluding hydrogens is 650 g/mol. The van der Waals surface area contributed by atoms with Crippen LogP contribution in [-0.2, 0) is 19.1 Å². The van der Waals surface area contributed by atoms with Gasteiger partial charge in [-0.1, -0.05) is 162 Å². The first-order chi connectivity index (χ1) is 25.5. The lowest BCUT2D eigenvalue weighted by molar-refractivity contribution is -0.150. The van der Waals surface area contributed by atoms with Crippen molar-refractivity contribution in [2.24, 2.45) is 0 Å². The zero-order valence-corrected chi connectivity index (χ0v) is 35.0. The predicted molar refractivity (Wildman–Crippen MR) is 220 cm³/mol. The lowest BCUT2D eigenvalue weighted by Gasteiger charge is -2.29. The maximum Gasteiger partial charge on any atom is 0.306 e. The Morgan fingerprint density at radius 2 is 0.827 bits per heavy atom. The summed E-state index contributed by atoms with van der Waals surface area (Å²) < 4.78 is 11.4. The van der Waals surface area contributed by atoms with Crippen molar-refractivity contribution in [3.8, 4) is 0 Å². The molecule has 0 aromatic carbocycles. The molecule has 0 radical (unpaired) electrons. The Hall–Kier alpha value is -1.18. The van der Waals surface area contributed by atoms with E-state index < -0.39 is 0 Å². The number of esters is 2. The minimum Gasteiger partial charge on any atom is -0.466 e. The van der Waals surface area contributed by atoms with Crippen molar-refractivity contribution in [3.05, 3.63) is 0 Å². The van der Waals surface area contributed by atoms with Crippen LogP contribution in [0.4, 0.5) is 0 Å². The Balaban J connectivity index is 4.14. The SMILES string of the molecule is CCCCCCCCCOC(=O)CCCCCCCN(CCCCCCCC(=O)OC(CCCCCCCC)CCCCCCCC)C(CO)CO. The molecule has 0 saturated carbocycles. The van der Waals surface area contributed by atoms with Crippen LogP contribution in [0.2, 0.25) is 0 Å². The molecule has 0 amide bonds. The number of hydrogen-bond donors (Lipinski definition) is 2. The molecule has 0 heterocycles. The quantitative estimate of drug-likeness (QED) is 0.0475. The summed E-state index contributed by atoms with van der Waals surface area (Å²) in [6, 6.07) is -0.207. The van der Waals surface area contributed by atoms with Crippen LogP contribution in [0.3, 0.4) is 0 Å². The van der Waals surface area contributed by atoms with E-state index in [9.17, 15) is 19.8 Å². The molecule has 0 fully saturated rings. The standard InChI is InChI=1S/C45H89NO6/c1-4-7-10-13-16-25-32-39-51-44(49)35-28-21-17-23-30-37-46(42(40-47)41-48)38-31-24-18-22-29-36-45(50)52-43(33-26-19-14-11-8-5-2)34-27-20-15-12-9-6-3/h42-43,47-48H,4-41H2,1-3H3. The van der Waals surface area contributed by atoms with Gasteiger partial charge in [0.15, 0.2) is 0 Å². The van der Waals surface area contributed by atoms with Gasteiger partial charge in [-0.15, -0.1) is 0 Å². The summed E-state index contributed by atoms with van der Waals surface area (Å²) in [5.41, 5.74) is 0. The van der Waals surface area contributed by atoms with Gasteiger partial charge in [-0.05, 0) is 70.9 Å². The lowest BCUT2D eigenvalue weighted by Crippen LogP contribution is -2.41. The van der Waals surface area contributed by atoms with E-state index in [1.807, 2.05) is 0 Å². The molecule has 7 nitrogen and oxygen atoms in total. The molecule has 0 aromatic heterocycles. The summed E-state index contributed by atoms with van der Waals surface area (Å²) >= 11 is 0. The second kappa shape index (κ2) is 41.0. The summed E-state index contributed by atoms with van der Waals surface area (Å²) in [6.45, 7) is 8.99. The van der Waals surface area contributed by atoms with Gasteiger partial charge in [-0.2, -0.15) is 0 Å². The second-order valence-corrected chi connectivity index (χ2v) is 15.7. The van der Waals surface area contributed by atoms with Gasteiger partial charge >= 0.3 is 11.9 Å². The molecule has 0 aliphatic heterocycles. The first kappa shape index (κ1) is 50.8. The molecule has 310 valence electrons. The van der Waals surface area contributed by atoms with E-state index in [-0.39, 0.29) is 37.3 Å². The molecule has 0 unspecified atom stereocenters. The van der Waals surface area contributed by atoms with Crippen molar-refractivity contribution in [1.82, 2.24) is 4.90 Å². The third-order valence-electron chi connectivity index (χ3n) is 10.7. The van der Waals surface area contributed by atoms with Gasteiger partial charge in [0.1, 0.15) is 6.10 Å². The summed E-state index contributed by atoms with van der Waals surface area (Å²) in [4.78, 5) is 27.0. The van der Waals surface area contributed by atoms with Crippen LogP contribution >= 0.6 is 0 Å². The highest BCUT2D eigenvalue weighted by Crippen LogP contribution is 2.19. The van der Waals surface area contributed by atoms with Crippen LogP contribution in [0.1, 0.15) is 233 Å². The maximum absolute atomic E-state index is 12.7. The summed E-state index contributed by atoms with van der Waals surface area (Å²) in [7, 11) is 0. The largest absolute Gasteiger partial charge is 0.466 e. The Morgan fingerprint density at radius 1 is 0.462 bits per heavy atom. The molecule has 52 heavy (non-hydrogen) atoms. The molecule has 0 spiro atoms. The highest BCUT2D eigenvalue weighted by Gasteiger charge is 2.17. The number of aliphatic hydroxyl groups is 2. The number of rotatable bonds is 42. The number of unbranched alkanes of at least 4 members (excludes halogenated alkanes) is 24. The van der Waals surface area contributed by atoms with Gasteiger partial charge in [-0.3, -0.25) is 14.5 Å². The van der Waals surface area contributed by atoms with Crippen molar-refractivity contribution < 1.29 is 29.3 Å². The van der Waals surface area contributed by atoms with Gasteiger partial charge in [0.05, 0.1) is 25.9 Å². The van der Waals surface area contributed by atoms with Crippen molar-refractivity contribution in [3.63, 3.8) is 0 Å². The maximum atomic E-state index is 12.7. The van der Waals surface area contributed by atoms with Crippen LogP contribution in [0.15, 0.2) is 0 Å². The highest BCUT2D eigenvalue weighted by molar-refractivity contribution is 5.69. The fourth-order valence-electron chi connectivity index (χ4n) is 7.12. The van der Waals surface area contributed by atoms with Crippen LogP contribution in [0, 0.1) is 0 Å². The van der Waals surface area contributed by atoms with Gasteiger partial charge in [-0.25, -0.2) is 0 Å². The number of hydrogen-bond acceptors (Lipinski definition) is 7. The zero-order chi connectivity index (χ0) is 38.2. The Bertz CT molecular complexity index is 729. The van der Waals surface area contributed by atoms with E-state index in [0.717, 1.165) is 103 Å². The number of nitrogens with zero attached hydrogens (tertiary/aromatic N) is 1. The van der Waals surface area contributed by atoms with Gasteiger partial charge in [0.25, 0.3) is 0 Å². The zero-order valence-electron chi connectivity index (χ0n) is 35.0. The van der Waals surface area contributed by atoms with E-state index >= 15 is 0 Å². The van der Waals surface area contributed by atoms with Gasteiger partial charge in [0.2, 0.25) is 0 Å². The fourth-order valence-corrected chi connectivity index (χ4v) is 7.12. The molecule has 0 aliphatic carbocycles. The average Bonchev–Trinajstić information content (AvgIpc) is 3.14. The van der Waals surface area contributed by atoms with Crippen LogP contribution < -0.4 is 0 Å². The Labute approximate surface area is 323 Å². The molecule has 0 atom stereocenters. The molecule has 0 saturated heterocycles. The van der Waals surface area contributed by atoms with Crippen LogP contribution in [0.25, 0.3) is 0 Å². The second-order valence-electron chi connectivity index (χ2n) is 15.7. The molecule has 0 aromatic rings. The first-order valence-electron chi connectivity index (χ1n) is 22.8. The van der Waals surface area contributed by atoms with E-state index in [1.54, 1.807) is 0 Å². The summed E-state index contributed by atoms with van der Waals surface area (Å²) in [5.74, 6) is -0.0716. The lowest BCUT2D eigenvalue weighted by atomic mass is 10.0. The monoisotopic (exact) mass is 740 g/mol. The van der Waals surface area contributed by atoms with E-state index in [2.05, 4.69) is 25.7 Å². The summed E-state index contributed by atoms with van der Waals surface area (Å²) in [6.07, 6.45) is 37.2. The van der Waals surface area contributed by atoms with Gasteiger partial charge < -0.3 is 19.7 Å². The number of aliphatic hydroxyl groups excluding tert-OH is 2. The minimum atomic E-state index is -0.207. The number of carbonyl (C=O) groups excluding carboxylic acids is 2.